The summed E-state index contributed by atoms with van der Waals surface area (Å²) in [6, 6.07) is 13.8. The second kappa shape index (κ2) is 6.55. The number of rotatable bonds is 4. The van der Waals surface area contributed by atoms with Gasteiger partial charge >= 0.3 is 0 Å². The van der Waals surface area contributed by atoms with E-state index < -0.39 is 0 Å². The van der Waals surface area contributed by atoms with Gasteiger partial charge in [-0.25, -0.2) is 0 Å². The van der Waals surface area contributed by atoms with Crippen molar-refractivity contribution in [2.75, 3.05) is 6.61 Å². The lowest BCUT2D eigenvalue weighted by molar-refractivity contribution is 0.340. The zero-order valence-electron chi connectivity index (χ0n) is 10.6. The van der Waals surface area contributed by atoms with Gasteiger partial charge in [-0.2, -0.15) is 0 Å². The van der Waals surface area contributed by atoms with Crippen molar-refractivity contribution in [2.45, 2.75) is 13.0 Å². The maximum Gasteiger partial charge on any atom is 0.119 e. The predicted octanol–water partition coefficient (Wildman–Crippen LogP) is 4.66. The number of hydrogen-bond acceptors (Lipinski definition) is 2. The van der Waals surface area contributed by atoms with Crippen molar-refractivity contribution >= 4 is 31.9 Å². The Bertz CT molecular complexity index is 552. The minimum Gasteiger partial charge on any atom is -0.494 e. The molecule has 0 amide bonds. The first kappa shape index (κ1) is 14.6. The van der Waals surface area contributed by atoms with E-state index in [2.05, 4.69) is 31.9 Å². The molecule has 0 aliphatic rings. The van der Waals surface area contributed by atoms with E-state index in [1.165, 1.54) is 0 Å². The molecule has 0 radical (unpaired) electrons. The van der Waals surface area contributed by atoms with Crippen LogP contribution in [0.5, 0.6) is 5.75 Å². The fraction of sp³-hybridized carbons (Fsp3) is 0.200. The topological polar surface area (TPSA) is 35.2 Å². The molecule has 0 aliphatic heterocycles. The fourth-order valence-corrected chi connectivity index (χ4v) is 3.24. The molecule has 100 valence electrons. The Morgan fingerprint density at radius 1 is 1.05 bits per heavy atom. The zero-order valence-corrected chi connectivity index (χ0v) is 13.7. The fourth-order valence-electron chi connectivity index (χ4n) is 1.91. The smallest absolute Gasteiger partial charge is 0.119 e. The van der Waals surface area contributed by atoms with Crippen molar-refractivity contribution in [1.29, 1.82) is 0 Å². The Hall–Kier alpha value is -0.840. The zero-order chi connectivity index (χ0) is 13.8. The summed E-state index contributed by atoms with van der Waals surface area (Å²) in [7, 11) is 0. The highest BCUT2D eigenvalue weighted by Gasteiger charge is 2.11. The Labute approximate surface area is 130 Å². The molecule has 2 nitrogen and oxygen atoms in total. The van der Waals surface area contributed by atoms with Crippen LogP contribution in [-0.4, -0.2) is 6.61 Å². The van der Waals surface area contributed by atoms with Gasteiger partial charge in [-0.05, 0) is 48.4 Å². The molecule has 0 spiro atoms. The lowest BCUT2D eigenvalue weighted by atomic mass is 9.99. The summed E-state index contributed by atoms with van der Waals surface area (Å²) in [5.41, 5.74) is 8.41. The van der Waals surface area contributed by atoms with Crippen LogP contribution >= 0.6 is 31.9 Å². The van der Waals surface area contributed by atoms with Crippen molar-refractivity contribution in [3.05, 3.63) is 62.5 Å². The van der Waals surface area contributed by atoms with Gasteiger partial charge in [-0.1, -0.05) is 44.0 Å². The predicted molar refractivity (Wildman–Crippen MR) is 85.5 cm³/mol. The van der Waals surface area contributed by atoms with Crippen LogP contribution < -0.4 is 10.5 Å². The molecule has 2 aromatic carbocycles. The summed E-state index contributed by atoms with van der Waals surface area (Å²) in [6.07, 6.45) is 0. The van der Waals surface area contributed by atoms with Crippen molar-refractivity contribution in [3.8, 4) is 5.75 Å². The molecule has 2 rings (SSSR count). The van der Waals surface area contributed by atoms with Gasteiger partial charge in [0.05, 0.1) is 12.6 Å². The molecule has 0 heterocycles. The molecule has 2 aromatic rings. The highest BCUT2D eigenvalue weighted by atomic mass is 79.9. The third-order valence-electron chi connectivity index (χ3n) is 2.77. The average Bonchev–Trinajstić information content (AvgIpc) is 2.37. The second-order valence-corrected chi connectivity index (χ2v) is 6.02. The van der Waals surface area contributed by atoms with Crippen LogP contribution in [0, 0.1) is 0 Å². The number of ether oxygens (including phenoxy) is 1. The first-order valence-corrected chi connectivity index (χ1v) is 7.63. The lowest BCUT2D eigenvalue weighted by Gasteiger charge is -2.15. The summed E-state index contributed by atoms with van der Waals surface area (Å²) in [5.74, 6) is 0.851. The number of benzene rings is 2. The number of hydrogen-bond donors (Lipinski definition) is 1. The van der Waals surface area contributed by atoms with E-state index in [0.29, 0.717) is 6.61 Å². The Morgan fingerprint density at radius 2 is 1.74 bits per heavy atom. The SMILES string of the molecule is CCOc1cccc(C(N)c2cc(Br)cc(Br)c2)c1. The van der Waals surface area contributed by atoms with Gasteiger partial charge in [0.1, 0.15) is 5.75 Å². The van der Waals surface area contributed by atoms with E-state index in [1.54, 1.807) is 0 Å². The van der Waals surface area contributed by atoms with Crippen LogP contribution in [0.15, 0.2) is 51.4 Å². The molecule has 0 aromatic heterocycles. The van der Waals surface area contributed by atoms with Crippen LogP contribution in [0.2, 0.25) is 0 Å². The first-order chi connectivity index (χ1) is 9.10. The van der Waals surface area contributed by atoms with Crippen molar-refractivity contribution < 1.29 is 4.74 Å². The van der Waals surface area contributed by atoms with Crippen molar-refractivity contribution in [3.63, 3.8) is 0 Å². The van der Waals surface area contributed by atoms with Gasteiger partial charge in [0.2, 0.25) is 0 Å². The van der Waals surface area contributed by atoms with E-state index >= 15 is 0 Å². The maximum absolute atomic E-state index is 6.32. The minimum atomic E-state index is -0.172. The van der Waals surface area contributed by atoms with Gasteiger partial charge in [0, 0.05) is 8.95 Å². The summed E-state index contributed by atoms with van der Waals surface area (Å²) in [6.45, 7) is 2.62. The van der Waals surface area contributed by atoms with Crippen LogP contribution in [0.3, 0.4) is 0 Å². The number of nitrogens with two attached hydrogens (primary N) is 1. The minimum absolute atomic E-state index is 0.172. The Balaban J connectivity index is 2.32. The van der Waals surface area contributed by atoms with Gasteiger partial charge in [0.15, 0.2) is 0 Å². The normalized spacial score (nSPS) is 12.2. The second-order valence-electron chi connectivity index (χ2n) is 4.19. The van der Waals surface area contributed by atoms with E-state index in [4.69, 9.17) is 10.5 Å². The van der Waals surface area contributed by atoms with Gasteiger partial charge in [0.25, 0.3) is 0 Å². The quantitative estimate of drug-likeness (QED) is 0.831. The summed E-state index contributed by atoms with van der Waals surface area (Å²) < 4.78 is 7.52. The van der Waals surface area contributed by atoms with Gasteiger partial charge in [-0.3, -0.25) is 0 Å². The molecule has 2 N–H and O–H groups in total. The van der Waals surface area contributed by atoms with Crippen molar-refractivity contribution in [2.24, 2.45) is 5.73 Å². The van der Waals surface area contributed by atoms with E-state index in [1.807, 2.05) is 49.4 Å². The van der Waals surface area contributed by atoms with Crippen LogP contribution in [0.25, 0.3) is 0 Å². The molecule has 1 atom stereocenters. The van der Waals surface area contributed by atoms with E-state index in [-0.39, 0.29) is 6.04 Å². The molecule has 0 saturated heterocycles. The molecule has 0 fully saturated rings. The molecule has 1 unspecified atom stereocenters. The summed E-state index contributed by atoms with van der Waals surface area (Å²) >= 11 is 6.97. The van der Waals surface area contributed by atoms with Gasteiger partial charge in [-0.15, -0.1) is 0 Å². The van der Waals surface area contributed by atoms with Crippen LogP contribution in [-0.2, 0) is 0 Å². The molecule has 19 heavy (non-hydrogen) atoms. The monoisotopic (exact) mass is 383 g/mol. The molecular weight excluding hydrogens is 370 g/mol. The van der Waals surface area contributed by atoms with Crippen LogP contribution in [0.1, 0.15) is 24.1 Å². The third kappa shape index (κ3) is 3.81. The lowest BCUT2D eigenvalue weighted by Crippen LogP contribution is -2.12. The Kier molecular flexibility index (Phi) is 5.02. The molecule has 0 aliphatic carbocycles. The molecule has 0 saturated carbocycles. The highest BCUT2D eigenvalue weighted by Crippen LogP contribution is 2.28. The maximum atomic E-state index is 6.32. The average molecular weight is 385 g/mol. The highest BCUT2D eigenvalue weighted by molar-refractivity contribution is 9.11. The van der Waals surface area contributed by atoms with Crippen LogP contribution in [0.4, 0.5) is 0 Å². The number of halogens is 2. The molecule has 4 heteroatoms. The molecular formula is C15H15Br2NO. The van der Waals surface area contributed by atoms with Crippen molar-refractivity contribution in [1.82, 2.24) is 0 Å². The molecule has 0 bridgehead atoms. The Morgan fingerprint density at radius 3 is 2.37 bits per heavy atom. The van der Waals surface area contributed by atoms with E-state index in [0.717, 1.165) is 25.8 Å². The summed E-state index contributed by atoms with van der Waals surface area (Å²) in [5, 5.41) is 0. The summed E-state index contributed by atoms with van der Waals surface area (Å²) in [4.78, 5) is 0. The standard InChI is InChI=1S/C15H15Br2NO/c1-2-19-14-5-3-4-10(8-14)15(18)11-6-12(16)9-13(17)7-11/h3-9,15H,2,18H2,1H3. The third-order valence-corrected chi connectivity index (χ3v) is 3.69. The largest absolute Gasteiger partial charge is 0.494 e. The van der Waals surface area contributed by atoms with Gasteiger partial charge < -0.3 is 10.5 Å². The van der Waals surface area contributed by atoms with E-state index in [9.17, 15) is 0 Å². The first-order valence-electron chi connectivity index (χ1n) is 6.04.